The molecule has 0 aromatic carbocycles. The molecule has 2 heterocycles. The van der Waals surface area contributed by atoms with Gasteiger partial charge in [-0.3, -0.25) is 0 Å². The van der Waals surface area contributed by atoms with E-state index in [1.807, 2.05) is 6.92 Å². The zero-order chi connectivity index (χ0) is 13.7. The van der Waals surface area contributed by atoms with Crippen molar-refractivity contribution in [2.75, 3.05) is 12.3 Å². The first-order chi connectivity index (χ1) is 9.19. The molecule has 2 aromatic rings. The highest BCUT2D eigenvalue weighted by atomic mass is 35.5. The maximum absolute atomic E-state index is 6.05. The van der Waals surface area contributed by atoms with Gasteiger partial charge >= 0.3 is 0 Å². The number of hydrogen-bond acceptors (Lipinski definition) is 6. The van der Waals surface area contributed by atoms with Gasteiger partial charge in [-0.1, -0.05) is 11.6 Å². The summed E-state index contributed by atoms with van der Waals surface area (Å²) in [6, 6.07) is 5.24. The molecule has 0 radical (unpaired) electrons. The predicted octanol–water partition coefficient (Wildman–Crippen LogP) is 2.79. The van der Waals surface area contributed by atoms with Crippen LogP contribution in [0.25, 0.3) is 0 Å². The van der Waals surface area contributed by atoms with E-state index in [9.17, 15) is 0 Å². The van der Waals surface area contributed by atoms with Crippen LogP contribution in [0.5, 0.6) is 0 Å². The van der Waals surface area contributed by atoms with Crippen LogP contribution < -0.4 is 5.73 Å². The van der Waals surface area contributed by atoms with Crippen molar-refractivity contribution in [2.24, 2.45) is 0 Å². The van der Waals surface area contributed by atoms with Gasteiger partial charge in [0.25, 0.3) is 0 Å². The van der Waals surface area contributed by atoms with Crippen molar-refractivity contribution in [3.8, 4) is 0 Å². The van der Waals surface area contributed by atoms with E-state index in [4.69, 9.17) is 22.1 Å². The second kappa shape index (κ2) is 6.70. The Labute approximate surface area is 120 Å². The molecule has 0 fully saturated rings. The van der Waals surface area contributed by atoms with E-state index in [0.717, 1.165) is 0 Å². The van der Waals surface area contributed by atoms with Crippen molar-refractivity contribution < 1.29 is 4.74 Å². The van der Waals surface area contributed by atoms with Gasteiger partial charge < -0.3 is 10.5 Å². The third-order valence-electron chi connectivity index (χ3n) is 2.13. The van der Waals surface area contributed by atoms with Crippen molar-refractivity contribution in [1.29, 1.82) is 0 Å². The highest BCUT2D eigenvalue weighted by molar-refractivity contribution is 7.99. The lowest BCUT2D eigenvalue weighted by molar-refractivity contribution is 0.128. The van der Waals surface area contributed by atoms with Crippen LogP contribution in [0.15, 0.2) is 34.4 Å². The lowest BCUT2D eigenvalue weighted by atomic mass is 10.5. The van der Waals surface area contributed by atoms with Gasteiger partial charge in [-0.25, -0.2) is 15.0 Å². The van der Waals surface area contributed by atoms with Gasteiger partial charge in [0.05, 0.1) is 5.02 Å². The molecule has 2 rings (SSSR count). The molecule has 2 aromatic heterocycles. The van der Waals surface area contributed by atoms with E-state index in [0.29, 0.717) is 39.9 Å². The summed E-state index contributed by atoms with van der Waals surface area (Å²) in [4.78, 5) is 12.7. The van der Waals surface area contributed by atoms with Crippen molar-refractivity contribution in [3.63, 3.8) is 0 Å². The number of pyridine rings is 1. The Morgan fingerprint density at radius 1 is 1.42 bits per heavy atom. The highest BCUT2D eigenvalue weighted by Gasteiger charge is 2.08. The quantitative estimate of drug-likeness (QED) is 0.855. The van der Waals surface area contributed by atoms with Crippen molar-refractivity contribution in [1.82, 2.24) is 15.0 Å². The average molecular weight is 297 g/mol. The third kappa shape index (κ3) is 4.05. The predicted molar refractivity (Wildman–Crippen MR) is 75.1 cm³/mol. The number of nitrogen functional groups attached to an aromatic ring is 1. The minimum Gasteiger partial charge on any atom is -0.384 e. The summed E-state index contributed by atoms with van der Waals surface area (Å²) in [7, 11) is 0. The van der Waals surface area contributed by atoms with E-state index in [-0.39, 0.29) is 0 Å². The van der Waals surface area contributed by atoms with E-state index < -0.39 is 0 Å². The molecule has 0 saturated heterocycles. The molecule has 0 unspecified atom stereocenters. The van der Waals surface area contributed by atoms with Gasteiger partial charge in [0.15, 0.2) is 5.82 Å². The lowest BCUT2D eigenvalue weighted by Gasteiger charge is -2.06. The Hall–Kier alpha value is -1.37. The smallest absolute Gasteiger partial charge is 0.157 e. The summed E-state index contributed by atoms with van der Waals surface area (Å²) < 4.78 is 5.27. The average Bonchev–Trinajstić information content (AvgIpc) is 2.38. The fraction of sp³-hybridized carbons (Fsp3) is 0.250. The zero-order valence-corrected chi connectivity index (χ0v) is 11.9. The molecule has 0 saturated carbocycles. The molecule has 0 aliphatic carbocycles. The van der Waals surface area contributed by atoms with Crippen molar-refractivity contribution >= 4 is 29.2 Å². The number of ether oxygens (including phenoxy) is 1. The van der Waals surface area contributed by atoms with Crippen LogP contribution in [0, 0.1) is 0 Å². The Bertz CT molecular complexity index is 567. The largest absolute Gasteiger partial charge is 0.384 e. The second-order valence-electron chi connectivity index (χ2n) is 3.58. The molecule has 2 N–H and O–H groups in total. The summed E-state index contributed by atoms with van der Waals surface area (Å²) in [6.07, 6.45) is 1.68. The van der Waals surface area contributed by atoms with Gasteiger partial charge in [-0.05, 0) is 30.8 Å². The highest BCUT2D eigenvalue weighted by Crippen LogP contribution is 2.30. The molecule has 0 aliphatic rings. The molecular formula is C12H13ClN4OS. The number of aromatic nitrogens is 3. The first-order valence-electron chi connectivity index (χ1n) is 5.68. The van der Waals surface area contributed by atoms with Gasteiger partial charge in [0.2, 0.25) is 0 Å². The molecule has 100 valence electrons. The van der Waals surface area contributed by atoms with Crippen molar-refractivity contribution in [2.45, 2.75) is 23.6 Å². The third-order valence-corrected chi connectivity index (χ3v) is 3.48. The number of nitrogens with two attached hydrogens (primary N) is 1. The number of anilines is 1. The minimum absolute atomic E-state index is 0.338. The Kier molecular flexibility index (Phi) is 4.95. The molecule has 0 bridgehead atoms. The normalized spacial score (nSPS) is 10.6. The van der Waals surface area contributed by atoms with Gasteiger partial charge in [0, 0.05) is 18.9 Å². The first-order valence-corrected chi connectivity index (χ1v) is 6.88. The van der Waals surface area contributed by atoms with Crippen LogP contribution >= 0.6 is 23.4 Å². The number of hydrogen-bond donors (Lipinski definition) is 1. The summed E-state index contributed by atoms with van der Waals surface area (Å²) in [6.45, 7) is 2.85. The minimum atomic E-state index is 0.338. The fourth-order valence-corrected chi connectivity index (χ4v) is 2.39. The molecule has 0 amide bonds. The molecule has 0 aliphatic heterocycles. The van der Waals surface area contributed by atoms with Crippen molar-refractivity contribution in [3.05, 3.63) is 35.2 Å². The molecule has 0 atom stereocenters. The maximum Gasteiger partial charge on any atom is 0.157 e. The topological polar surface area (TPSA) is 73.9 Å². The molecular weight excluding hydrogens is 284 g/mol. The number of nitrogens with zero attached hydrogens (tertiary/aromatic N) is 3. The van der Waals surface area contributed by atoms with Crippen LogP contribution in [-0.2, 0) is 11.3 Å². The van der Waals surface area contributed by atoms with E-state index in [2.05, 4.69) is 15.0 Å². The number of rotatable bonds is 5. The van der Waals surface area contributed by atoms with Crippen LogP contribution in [0.2, 0.25) is 5.02 Å². The second-order valence-corrected chi connectivity index (χ2v) is 4.99. The van der Waals surface area contributed by atoms with Crippen LogP contribution in [0.3, 0.4) is 0 Å². The fourth-order valence-electron chi connectivity index (χ4n) is 1.35. The monoisotopic (exact) mass is 296 g/mol. The molecule has 7 heteroatoms. The van der Waals surface area contributed by atoms with E-state index >= 15 is 0 Å². The van der Waals surface area contributed by atoms with E-state index in [1.54, 1.807) is 24.4 Å². The summed E-state index contributed by atoms with van der Waals surface area (Å²) in [5.74, 6) is 0.954. The Balaban J connectivity index is 2.20. The molecule has 19 heavy (non-hydrogen) atoms. The van der Waals surface area contributed by atoms with Crippen LogP contribution in [0.1, 0.15) is 12.7 Å². The summed E-state index contributed by atoms with van der Waals surface area (Å²) >= 11 is 7.40. The van der Waals surface area contributed by atoms with Crippen LogP contribution in [0.4, 0.5) is 5.82 Å². The van der Waals surface area contributed by atoms with E-state index in [1.165, 1.54) is 11.8 Å². The van der Waals surface area contributed by atoms with Gasteiger partial charge in [-0.2, -0.15) is 0 Å². The van der Waals surface area contributed by atoms with Gasteiger partial charge in [0.1, 0.15) is 22.5 Å². The molecule has 0 spiro atoms. The zero-order valence-electron chi connectivity index (χ0n) is 10.3. The standard InChI is InChI=1S/C12H13ClN4OS/c1-2-18-7-10-16-9(14)6-11(17-10)19-12-8(13)4-3-5-15-12/h3-6H,2,7H2,1H3,(H2,14,16,17). The number of halogens is 1. The van der Waals surface area contributed by atoms with Gasteiger partial charge in [-0.15, -0.1) is 0 Å². The lowest BCUT2D eigenvalue weighted by Crippen LogP contribution is -2.03. The first kappa shape index (κ1) is 14.0. The SMILES string of the molecule is CCOCc1nc(N)cc(Sc2ncccc2Cl)n1. The summed E-state index contributed by atoms with van der Waals surface area (Å²) in [5, 5.41) is 1.96. The Morgan fingerprint density at radius 2 is 2.26 bits per heavy atom. The van der Waals surface area contributed by atoms with Crippen LogP contribution in [-0.4, -0.2) is 21.6 Å². The Morgan fingerprint density at radius 3 is 3.00 bits per heavy atom. The maximum atomic E-state index is 6.05. The molecule has 5 nitrogen and oxygen atoms in total. The summed E-state index contributed by atoms with van der Waals surface area (Å²) in [5.41, 5.74) is 5.75.